The third-order valence-corrected chi connectivity index (χ3v) is 2.99. The van der Waals surface area contributed by atoms with E-state index in [1.807, 2.05) is 36.4 Å². The van der Waals surface area contributed by atoms with Gasteiger partial charge in [-0.05, 0) is 24.2 Å². The lowest BCUT2D eigenvalue weighted by atomic mass is 10.1. The summed E-state index contributed by atoms with van der Waals surface area (Å²) in [5.41, 5.74) is 7.12. The van der Waals surface area contributed by atoms with Crippen molar-refractivity contribution in [1.29, 1.82) is 5.26 Å². The van der Waals surface area contributed by atoms with Crippen molar-refractivity contribution >= 4 is 23.1 Å². The number of hydrogen-bond acceptors (Lipinski definition) is 4. The lowest BCUT2D eigenvalue weighted by molar-refractivity contribution is 0.909. The van der Waals surface area contributed by atoms with Crippen LogP contribution in [0.15, 0.2) is 42.7 Å². The largest absolute Gasteiger partial charge is 0.376 e. The molecule has 1 heterocycles. The highest BCUT2D eigenvalue weighted by Crippen LogP contribution is 2.14. The Balaban J connectivity index is 2.20. The Morgan fingerprint density at radius 3 is 2.60 bits per heavy atom. The predicted molar refractivity (Wildman–Crippen MR) is 81.0 cm³/mol. The average Bonchev–Trinajstić information content (AvgIpc) is 2.48. The fourth-order valence-electron chi connectivity index (χ4n) is 1.81. The maximum atomic E-state index is 9.07. The molecule has 0 amide bonds. The number of rotatable bonds is 4. The third kappa shape index (κ3) is 3.28. The van der Waals surface area contributed by atoms with E-state index in [2.05, 4.69) is 9.97 Å². The molecule has 0 bridgehead atoms. The van der Waals surface area contributed by atoms with Crippen LogP contribution < -0.4 is 10.6 Å². The zero-order valence-electron chi connectivity index (χ0n) is 10.7. The molecule has 2 N–H and O–H groups in total. The standard InChI is InChI=1S/C14H13N5S/c15-10-12-13(18-8-7-17-12)19(14(16)20)9-6-11-4-2-1-3-5-11/h1-5,7-8H,6,9H2,(H2,16,20). The molecular formula is C14H13N5S. The van der Waals surface area contributed by atoms with E-state index in [0.717, 1.165) is 12.0 Å². The molecule has 2 rings (SSSR count). The second-order valence-electron chi connectivity index (χ2n) is 4.07. The molecule has 0 unspecified atom stereocenters. The Labute approximate surface area is 122 Å². The normalized spacial score (nSPS) is 9.75. The Bertz CT molecular complexity index is 636. The highest BCUT2D eigenvalue weighted by atomic mass is 32.1. The minimum Gasteiger partial charge on any atom is -0.376 e. The van der Waals surface area contributed by atoms with E-state index in [9.17, 15) is 0 Å². The van der Waals surface area contributed by atoms with Gasteiger partial charge < -0.3 is 10.6 Å². The highest BCUT2D eigenvalue weighted by Gasteiger charge is 2.15. The topological polar surface area (TPSA) is 78.8 Å². The average molecular weight is 283 g/mol. The van der Waals surface area contributed by atoms with E-state index >= 15 is 0 Å². The van der Waals surface area contributed by atoms with Gasteiger partial charge in [0.25, 0.3) is 0 Å². The van der Waals surface area contributed by atoms with Crippen molar-refractivity contribution < 1.29 is 0 Å². The highest BCUT2D eigenvalue weighted by molar-refractivity contribution is 7.80. The molecule has 0 aliphatic rings. The van der Waals surface area contributed by atoms with Crippen LogP contribution in [0.4, 0.5) is 5.82 Å². The van der Waals surface area contributed by atoms with Gasteiger partial charge in [0.1, 0.15) is 6.07 Å². The summed E-state index contributed by atoms with van der Waals surface area (Å²) in [6.45, 7) is 0.548. The third-order valence-electron chi connectivity index (χ3n) is 2.77. The van der Waals surface area contributed by atoms with Crippen LogP contribution in [0.1, 0.15) is 11.3 Å². The van der Waals surface area contributed by atoms with Crippen LogP contribution in [-0.2, 0) is 6.42 Å². The Kier molecular flexibility index (Phi) is 4.58. The van der Waals surface area contributed by atoms with E-state index in [4.69, 9.17) is 23.2 Å². The molecule has 1 aromatic heterocycles. The lowest BCUT2D eigenvalue weighted by Gasteiger charge is -2.22. The van der Waals surface area contributed by atoms with Crippen molar-refractivity contribution in [3.05, 3.63) is 54.0 Å². The summed E-state index contributed by atoms with van der Waals surface area (Å²) in [7, 11) is 0. The van der Waals surface area contributed by atoms with Crippen molar-refractivity contribution in [3.63, 3.8) is 0 Å². The number of nitrogens with zero attached hydrogens (tertiary/aromatic N) is 4. The van der Waals surface area contributed by atoms with E-state index < -0.39 is 0 Å². The van der Waals surface area contributed by atoms with E-state index in [1.54, 1.807) is 4.90 Å². The first-order chi connectivity index (χ1) is 9.72. The van der Waals surface area contributed by atoms with Gasteiger partial charge in [-0.2, -0.15) is 5.26 Å². The molecule has 0 aliphatic carbocycles. The lowest BCUT2D eigenvalue weighted by Crippen LogP contribution is -2.38. The van der Waals surface area contributed by atoms with Gasteiger partial charge in [-0.3, -0.25) is 0 Å². The van der Waals surface area contributed by atoms with Crippen LogP contribution in [0.2, 0.25) is 0 Å². The molecule has 0 spiro atoms. The minimum absolute atomic E-state index is 0.179. The van der Waals surface area contributed by atoms with Crippen molar-refractivity contribution in [2.24, 2.45) is 5.73 Å². The van der Waals surface area contributed by atoms with Crippen LogP contribution in [0.25, 0.3) is 0 Å². The van der Waals surface area contributed by atoms with Crippen LogP contribution in [0, 0.1) is 11.3 Å². The van der Waals surface area contributed by atoms with Crippen LogP contribution in [0.5, 0.6) is 0 Å². The fourth-order valence-corrected chi connectivity index (χ4v) is 1.99. The number of aromatic nitrogens is 2. The van der Waals surface area contributed by atoms with Crippen LogP contribution >= 0.6 is 12.2 Å². The molecule has 0 radical (unpaired) electrons. The van der Waals surface area contributed by atoms with Crippen LogP contribution in [-0.4, -0.2) is 21.6 Å². The van der Waals surface area contributed by atoms with Gasteiger partial charge in [0, 0.05) is 18.9 Å². The number of thiocarbonyl (C=S) groups is 1. The maximum absolute atomic E-state index is 9.07. The van der Waals surface area contributed by atoms with Crippen molar-refractivity contribution in [2.75, 3.05) is 11.4 Å². The molecule has 0 saturated carbocycles. The smallest absolute Gasteiger partial charge is 0.183 e. The molecule has 20 heavy (non-hydrogen) atoms. The van der Waals surface area contributed by atoms with Gasteiger partial charge >= 0.3 is 0 Å². The maximum Gasteiger partial charge on any atom is 0.183 e. The van der Waals surface area contributed by atoms with Gasteiger partial charge in [0.05, 0.1) is 0 Å². The van der Waals surface area contributed by atoms with Gasteiger partial charge in [-0.1, -0.05) is 30.3 Å². The molecule has 0 atom stereocenters. The quantitative estimate of drug-likeness (QED) is 0.859. The zero-order valence-corrected chi connectivity index (χ0v) is 11.5. The van der Waals surface area contributed by atoms with Crippen LogP contribution in [0.3, 0.4) is 0 Å². The molecule has 0 aliphatic heterocycles. The van der Waals surface area contributed by atoms with Gasteiger partial charge in [0.15, 0.2) is 16.6 Å². The summed E-state index contributed by atoms with van der Waals surface area (Å²) in [5, 5.41) is 9.25. The minimum atomic E-state index is 0.179. The summed E-state index contributed by atoms with van der Waals surface area (Å²) >= 11 is 5.05. The zero-order chi connectivity index (χ0) is 14.4. The number of anilines is 1. The molecular weight excluding hydrogens is 270 g/mol. The monoisotopic (exact) mass is 283 g/mol. The molecule has 6 heteroatoms. The molecule has 100 valence electrons. The van der Waals surface area contributed by atoms with Crippen molar-refractivity contribution in [3.8, 4) is 6.07 Å². The second-order valence-corrected chi connectivity index (χ2v) is 4.48. The first-order valence-electron chi connectivity index (χ1n) is 6.04. The number of nitriles is 1. The molecule has 1 aromatic carbocycles. The van der Waals surface area contributed by atoms with Gasteiger partial charge in [0.2, 0.25) is 0 Å². The Morgan fingerprint density at radius 1 is 1.25 bits per heavy atom. The summed E-state index contributed by atoms with van der Waals surface area (Å²) in [4.78, 5) is 9.76. The Morgan fingerprint density at radius 2 is 1.95 bits per heavy atom. The first kappa shape index (κ1) is 13.9. The summed E-state index contributed by atoms with van der Waals surface area (Å²) in [6.07, 6.45) is 3.74. The van der Waals surface area contributed by atoms with E-state index in [-0.39, 0.29) is 10.8 Å². The molecule has 0 saturated heterocycles. The molecule has 5 nitrogen and oxygen atoms in total. The molecule has 2 aromatic rings. The number of nitrogens with two attached hydrogens (primary N) is 1. The van der Waals surface area contributed by atoms with E-state index in [1.165, 1.54) is 12.4 Å². The number of hydrogen-bond donors (Lipinski definition) is 1. The summed E-state index contributed by atoms with van der Waals surface area (Å²) in [6, 6.07) is 12.0. The first-order valence-corrected chi connectivity index (χ1v) is 6.45. The Hall–Kier alpha value is -2.52. The van der Waals surface area contributed by atoms with Crippen molar-refractivity contribution in [1.82, 2.24) is 9.97 Å². The fraction of sp³-hybridized carbons (Fsp3) is 0.143. The molecule has 0 fully saturated rings. The van der Waals surface area contributed by atoms with Crippen molar-refractivity contribution in [2.45, 2.75) is 6.42 Å². The SMILES string of the molecule is N#Cc1nccnc1N(CCc1ccccc1)C(N)=S. The van der Waals surface area contributed by atoms with Gasteiger partial charge in [-0.25, -0.2) is 9.97 Å². The second kappa shape index (κ2) is 6.59. The predicted octanol–water partition coefficient (Wildman–Crippen LogP) is 1.64. The van der Waals surface area contributed by atoms with E-state index in [0.29, 0.717) is 12.4 Å². The van der Waals surface area contributed by atoms with Gasteiger partial charge in [-0.15, -0.1) is 0 Å². The summed E-state index contributed by atoms with van der Waals surface area (Å²) < 4.78 is 0. The summed E-state index contributed by atoms with van der Waals surface area (Å²) in [5.74, 6) is 0.401. The number of benzene rings is 1.